The number of halogens is 1. The molecule has 0 radical (unpaired) electrons. The number of nitrogens with zero attached hydrogens (tertiary/aromatic N) is 2. The number of carbonyl (C=O) groups is 3. The summed E-state index contributed by atoms with van der Waals surface area (Å²) in [6.07, 6.45) is 4.54. The minimum atomic E-state index is -1.02. The molecule has 0 aliphatic carbocycles. The second kappa shape index (κ2) is 8.97. The highest BCUT2D eigenvalue weighted by molar-refractivity contribution is 9.10. The number of carboxylic acid groups (broad SMARTS) is 1. The predicted octanol–water partition coefficient (Wildman–Crippen LogP) is 2.26. The molecule has 0 bridgehead atoms. The zero-order valence-corrected chi connectivity index (χ0v) is 16.6. The highest BCUT2D eigenvalue weighted by Gasteiger charge is 2.37. The van der Waals surface area contributed by atoms with Crippen LogP contribution in [0.15, 0.2) is 53.3 Å². The molecular formula is C20H20BrN3O4. The molecule has 1 saturated heterocycles. The fourth-order valence-electron chi connectivity index (χ4n) is 3.28. The number of rotatable bonds is 6. The van der Waals surface area contributed by atoms with E-state index in [-0.39, 0.29) is 18.2 Å². The van der Waals surface area contributed by atoms with Crippen LogP contribution in [-0.4, -0.2) is 51.4 Å². The van der Waals surface area contributed by atoms with Crippen LogP contribution in [0.25, 0.3) is 0 Å². The molecule has 2 atom stereocenters. The summed E-state index contributed by atoms with van der Waals surface area (Å²) >= 11 is 3.32. The van der Waals surface area contributed by atoms with Gasteiger partial charge >= 0.3 is 5.97 Å². The normalized spacial score (nSPS) is 17.2. The molecule has 2 aromatic rings. The van der Waals surface area contributed by atoms with Gasteiger partial charge < -0.3 is 15.3 Å². The zero-order valence-electron chi connectivity index (χ0n) is 15.0. The third-order valence-electron chi connectivity index (χ3n) is 4.69. The van der Waals surface area contributed by atoms with Crippen LogP contribution in [0.3, 0.4) is 0 Å². The lowest BCUT2D eigenvalue weighted by atomic mass is 10.0. The first-order chi connectivity index (χ1) is 13.5. The molecule has 146 valence electrons. The van der Waals surface area contributed by atoms with E-state index in [4.69, 9.17) is 0 Å². The van der Waals surface area contributed by atoms with Crippen LogP contribution in [-0.2, 0) is 16.0 Å². The van der Waals surface area contributed by atoms with Gasteiger partial charge in [0, 0.05) is 35.4 Å². The van der Waals surface area contributed by atoms with Crippen molar-refractivity contribution in [1.29, 1.82) is 0 Å². The lowest BCUT2D eigenvalue weighted by Gasteiger charge is -2.27. The number of benzene rings is 1. The third kappa shape index (κ3) is 4.75. The molecule has 1 aliphatic heterocycles. The molecule has 8 heteroatoms. The van der Waals surface area contributed by atoms with Gasteiger partial charge in [0.1, 0.15) is 12.1 Å². The first kappa shape index (κ1) is 20.0. The molecule has 1 aromatic carbocycles. The van der Waals surface area contributed by atoms with E-state index < -0.39 is 18.1 Å². The SMILES string of the molecule is O=C(NC(Cc1cccnc1)C(=O)N1CCC[C@H]1C(=O)O)c1ccc(Br)cc1. The number of carbonyl (C=O) groups excluding carboxylic acids is 2. The summed E-state index contributed by atoms with van der Waals surface area (Å²) < 4.78 is 0.841. The summed E-state index contributed by atoms with van der Waals surface area (Å²) in [4.78, 5) is 42.6. The van der Waals surface area contributed by atoms with Crippen LogP contribution < -0.4 is 5.32 Å². The summed E-state index contributed by atoms with van der Waals surface area (Å²) in [7, 11) is 0. The summed E-state index contributed by atoms with van der Waals surface area (Å²) in [5.74, 6) is -1.80. The van der Waals surface area contributed by atoms with Gasteiger partial charge in [-0.25, -0.2) is 4.79 Å². The Labute approximate surface area is 170 Å². The highest BCUT2D eigenvalue weighted by Crippen LogP contribution is 2.20. The average molecular weight is 446 g/mol. The van der Waals surface area contributed by atoms with Crippen molar-refractivity contribution in [2.24, 2.45) is 0 Å². The first-order valence-electron chi connectivity index (χ1n) is 8.94. The molecule has 0 spiro atoms. The van der Waals surface area contributed by atoms with Crippen molar-refractivity contribution in [1.82, 2.24) is 15.2 Å². The number of aliphatic carboxylic acids is 1. The quantitative estimate of drug-likeness (QED) is 0.710. The number of amides is 2. The molecule has 1 aromatic heterocycles. The van der Waals surface area contributed by atoms with Crippen LogP contribution >= 0.6 is 15.9 Å². The second-order valence-corrected chi connectivity index (χ2v) is 7.54. The zero-order chi connectivity index (χ0) is 20.1. The Morgan fingerprint density at radius 1 is 1.25 bits per heavy atom. The molecule has 1 unspecified atom stereocenters. The minimum Gasteiger partial charge on any atom is -0.480 e. The van der Waals surface area contributed by atoms with E-state index in [0.717, 1.165) is 10.0 Å². The maximum Gasteiger partial charge on any atom is 0.326 e. The second-order valence-electron chi connectivity index (χ2n) is 6.63. The van der Waals surface area contributed by atoms with Crippen LogP contribution in [0, 0.1) is 0 Å². The van der Waals surface area contributed by atoms with E-state index >= 15 is 0 Å². The molecule has 7 nitrogen and oxygen atoms in total. The van der Waals surface area contributed by atoms with Gasteiger partial charge in [0.05, 0.1) is 0 Å². The summed E-state index contributed by atoms with van der Waals surface area (Å²) in [6, 6.07) is 8.64. The Morgan fingerprint density at radius 3 is 2.64 bits per heavy atom. The van der Waals surface area contributed by atoms with Crippen LogP contribution in [0.5, 0.6) is 0 Å². The van der Waals surface area contributed by atoms with Crippen molar-refractivity contribution in [2.75, 3.05) is 6.54 Å². The largest absolute Gasteiger partial charge is 0.480 e. The summed E-state index contributed by atoms with van der Waals surface area (Å²) in [5, 5.41) is 12.2. The van der Waals surface area contributed by atoms with Gasteiger partial charge in [0.15, 0.2) is 0 Å². The van der Waals surface area contributed by atoms with Crippen molar-refractivity contribution < 1.29 is 19.5 Å². The predicted molar refractivity (Wildman–Crippen MR) is 106 cm³/mol. The van der Waals surface area contributed by atoms with E-state index in [1.54, 1.807) is 42.7 Å². The first-order valence-corrected chi connectivity index (χ1v) is 9.73. The van der Waals surface area contributed by atoms with Crippen LogP contribution in [0.4, 0.5) is 0 Å². The average Bonchev–Trinajstić information content (AvgIpc) is 3.18. The number of hydrogen-bond donors (Lipinski definition) is 2. The number of likely N-dealkylation sites (tertiary alicyclic amines) is 1. The minimum absolute atomic E-state index is 0.234. The molecule has 28 heavy (non-hydrogen) atoms. The third-order valence-corrected chi connectivity index (χ3v) is 5.22. The lowest BCUT2D eigenvalue weighted by Crippen LogP contribution is -2.52. The molecule has 1 aliphatic rings. The van der Waals surface area contributed by atoms with Gasteiger partial charge in [-0.1, -0.05) is 22.0 Å². The molecular weight excluding hydrogens is 426 g/mol. The summed E-state index contributed by atoms with van der Waals surface area (Å²) in [6.45, 7) is 0.369. The van der Waals surface area contributed by atoms with Crippen molar-refractivity contribution in [3.63, 3.8) is 0 Å². The number of carboxylic acids is 1. The summed E-state index contributed by atoms with van der Waals surface area (Å²) in [5.41, 5.74) is 1.20. The van der Waals surface area contributed by atoms with Gasteiger partial charge in [-0.3, -0.25) is 14.6 Å². The van der Waals surface area contributed by atoms with Crippen LogP contribution in [0.1, 0.15) is 28.8 Å². The topological polar surface area (TPSA) is 99.6 Å². The fourth-order valence-corrected chi connectivity index (χ4v) is 3.55. The number of aromatic nitrogens is 1. The standard InChI is InChI=1S/C20H20BrN3O4/c21-15-7-5-14(6-8-15)18(25)23-16(11-13-3-1-9-22-12-13)19(26)24-10-2-4-17(24)20(27)28/h1,3,5-9,12,16-17H,2,4,10-11H2,(H,23,25)(H,27,28)/t16?,17-/m0/s1. The maximum atomic E-state index is 13.1. The Balaban J connectivity index is 1.82. The van der Waals surface area contributed by atoms with Crippen molar-refractivity contribution in [2.45, 2.75) is 31.3 Å². The van der Waals surface area contributed by atoms with Crippen LogP contribution in [0.2, 0.25) is 0 Å². The molecule has 0 saturated carbocycles. The number of hydrogen-bond acceptors (Lipinski definition) is 4. The molecule has 3 rings (SSSR count). The smallest absolute Gasteiger partial charge is 0.326 e. The maximum absolute atomic E-state index is 13.1. The van der Waals surface area contributed by atoms with E-state index in [1.165, 1.54) is 4.90 Å². The van der Waals surface area contributed by atoms with Crippen molar-refractivity contribution >= 4 is 33.7 Å². The van der Waals surface area contributed by atoms with Gasteiger partial charge in [-0.2, -0.15) is 0 Å². The number of pyridine rings is 1. The monoisotopic (exact) mass is 445 g/mol. The fraction of sp³-hybridized carbons (Fsp3) is 0.300. The van der Waals surface area contributed by atoms with Gasteiger partial charge in [-0.15, -0.1) is 0 Å². The Bertz CT molecular complexity index is 858. The van der Waals surface area contributed by atoms with Crippen molar-refractivity contribution in [3.8, 4) is 0 Å². The van der Waals surface area contributed by atoms with E-state index in [0.29, 0.717) is 24.9 Å². The van der Waals surface area contributed by atoms with E-state index in [9.17, 15) is 19.5 Å². The Morgan fingerprint density at radius 2 is 2.00 bits per heavy atom. The van der Waals surface area contributed by atoms with E-state index in [1.807, 2.05) is 6.07 Å². The van der Waals surface area contributed by atoms with Gasteiger partial charge in [0.2, 0.25) is 5.91 Å². The highest BCUT2D eigenvalue weighted by atomic mass is 79.9. The molecule has 2 amide bonds. The van der Waals surface area contributed by atoms with Crippen molar-refractivity contribution in [3.05, 3.63) is 64.4 Å². The van der Waals surface area contributed by atoms with Gasteiger partial charge in [0.25, 0.3) is 5.91 Å². The van der Waals surface area contributed by atoms with Gasteiger partial charge in [-0.05, 0) is 48.7 Å². The molecule has 1 fully saturated rings. The number of nitrogens with one attached hydrogen (secondary N) is 1. The Kier molecular flexibility index (Phi) is 6.41. The molecule has 2 N–H and O–H groups in total. The Hall–Kier alpha value is -2.74. The van der Waals surface area contributed by atoms with E-state index in [2.05, 4.69) is 26.2 Å². The lowest BCUT2D eigenvalue weighted by molar-refractivity contribution is -0.148. The molecule has 2 heterocycles.